The summed E-state index contributed by atoms with van der Waals surface area (Å²) in [5.41, 5.74) is 1.78. The third kappa shape index (κ3) is 12.1. The van der Waals surface area contributed by atoms with Crippen molar-refractivity contribution in [1.82, 2.24) is 10.6 Å². The Balaban J connectivity index is 2.03. The first-order chi connectivity index (χ1) is 19.0. The Morgan fingerprint density at radius 3 is 2.15 bits per heavy atom. The van der Waals surface area contributed by atoms with Gasteiger partial charge in [0.1, 0.15) is 6.10 Å². The topological polar surface area (TPSA) is 114 Å². The number of rotatable bonds is 19. The highest BCUT2D eigenvalue weighted by Crippen LogP contribution is 2.22. The largest absolute Gasteiger partial charge is 0.455 e. The molecule has 0 saturated carbocycles. The number of amides is 2. The summed E-state index contributed by atoms with van der Waals surface area (Å²) in [5, 5.41) is 14.3. The molecule has 210 valence electrons. The van der Waals surface area contributed by atoms with Crippen LogP contribution < -0.4 is 10.6 Å². The van der Waals surface area contributed by atoms with Gasteiger partial charge in [0.25, 0.3) is 0 Å². The lowest BCUT2D eigenvalue weighted by atomic mass is 9.96. The van der Waals surface area contributed by atoms with Crippen molar-refractivity contribution in [2.75, 3.05) is 32.9 Å². The Morgan fingerprint density at radius 1 is 0.872 bits per heavy atom. The van der Waals surface area contributed by atoms with Crippen molar-refractivity contribution in [1.29, 1.82) is 0 Å². The Hall–Kier alpha value is -3.75. The van der Waals surface area contributed by atoms with Crippen LogP contribution in [0.2, 0.25) is 0 Å². The van der Waals surface area contributed by atoms with Gasteiger partial charge in [-0.3, -0.25) is 14.4 Å². The third-order valence-electron chi connectivity index (χ3n) is 6.06. The van der Waals surface area contributed by atoms with Crippen LogP contribution in [0.15, 0.2) is 86.0 Å². The summed E-state index contributed by atoms with van der Waals surface area (Å²) in [6.07, 6.45) is 3.87. The fourth-order valence-electron chi connectivity index (χ4n) is 4.04. The molecule has 0 bridgehead atoms. The smallest absolute Gasteiger partial charge is 0.310 e. The van der Waals surface area contributed by atoms with Crippen LogP contribution in [0.4, 0.5) is 0 Å². The lowest BCUT2D eigenvalue weighted by Gasteiger charge is -2.23. The van der Waals surface area contributed by atoms with Gasteiger partial charge >= 0.3 is 5.97 Å². The SMILES string of the molecule is C=CC[C@@H](CC(=O)NCCOCCO)C(=O)NC[C@@H](OC(=O)[C@@H](CC=C)Cc1ccccc1)c1ccccc1. The van der Waals surface area contributed by atoms with Crippen LogP contribution in [0.3, 0.4) is 0 Å². The van der Waals surface area contributed by atoms with E-state index in [2.05, 4.69) is 23.8 Å². The molecule has 0 unspecified atom stereocenters. The summed E-state index contributed by atoms with van der Waals surface area (Å²) in [4.78, 5) is 38.6. The second-order valence-corrected chi connectivity index (χ2v) is 9.10. The third-order valence-corrected chi connectivity index (χ3v) is 6.06. The van der Waals surface area contributed by atoms with E-state index in [0.717, 1.165) is 11.1 Å². The number of allylic oxidation sites excluding steroid dienone is 2. The fourth-order valence-corrected chi connectivity index (χ4v) is 4.04. The molecule has 2 aromatic carbocycles. The van der Waals surface area contributed by atoms with Crippen LogP contribution in [0.25, 0.3) is 0 Å². The predicted octanol–water partition coefficient (Wildman–Crippen LogP) is 3.53. The fraction of sp³-hybridized carbons (Fsp3) is 0.387. The molecule has 3 atom stereocenters. The molecule has 0 aliphatic carbocycles. The summed E-state index contributed by atoms with van der Waals surface area (Å²) in [6.45, 7) is 8.22. The molecule has 2 amide bonds. The number of aliphatic hydroxyl groups is 1. The number of carbonyl (C=O) groups excluding carboxylic acids is 3. The highest BCUT2D eigenvalue weighted by molar-refractivity contribution is 5.86. The molecule has 8 nitrogen and oxygen atoms in total. The zero-order valence-electron chi connectivity index (χ0n) is 22.4. The number of aliphatic hydroxyl groups excluding tert-OH is 1. The van der Waals surface area contributed by atoms with Gasteiger partial charge in [0.05, 0.1) is 38.2 Å². The van der Waals surface area contributed by atoms with Gasteiger partial charge in [-0.15, -0.1) is 13.2 Å². The molecule has 0 fully saturated rings. The first kappa shape index (κ1) is 31.5. The maximum absolute atomic E-state index is 13.2. The number of nitrogens with one attached hydrogen (secondary N) is 2. The molecule has 0 heterocycles. The van der Waals surface area contributed by atoms with Gasteiger partial charge in [-0.1, -0.05) is 72.8 Å². The Kier molecular flexibility index (Phi) is 14.9. The average Bonchev–Trinajstić information content (AvgIpc) is 2.95. The summed E-state index contributed by atoms with van der Waals surface area (Å²) in [7, 11) is 0. The molecule has 0 aromatic heterocycles. The maximum atomic E-state index is 13.2. The van der Waals surface area contributed by atoms with Crippen LogP contribution in [-0.4, -0.2) is 55.8 Å². The van der Waals surface area contributed by atoms with E-state index in [0.29, 0.717) is 19.3 Å². The standard InChI is InChI=1S/C31H40N2O6/c1-3-11-26(22-29(35)32-17-19-38-20-18-34)30(36)33-23-28(25-15-9-6-10-16-25)39-31(37)27(12-4-2)21-24-13-7-5-8-14-24/h3-10,13-16,26-28,34H,1-2,11-12,17-23H2,(H,32,35)(H,33,36)/t26-,27-,28+/m0/s1. The van der Waals surface area contributed by atoms with E-state index in [-0.39, 0.29) is 57.1 Å². The van der Waals surface area contributed by atoms with Crippen molar-refractivity contribution < 1.29 is 29.0 Å². The summed E-state index contributed by atoms with van der Waals surface area (Å²) >= 11 is 0. The predicted molar refractivity (Wildman–Crippen MR) is 151 cm³/mol. The second kappa shape index (κ2) is 18.5. The maximum Gasteiger partial charge on any atom is 0.310 e. The average molecular weight is 537 g/mol. The van der Waals surface area contributed by atoms with E-state index in [1.165, 1.54) is 0 Å². The van der Waals surface area contributed by atoms with Gasteiger partial charge in [0.15, 0.2) is 0 Å². The van der Waals surface area contributed by atoms with Crippen molar-refractivity contribution >= 4 is 17.8 Å². The molecule has 3 N–H and O–H groups in total. The van der Waals surface area contributed by atoms with E-state index < -0.39 is 17.9 Å². The minimum Gasteiger partial charge on any atom is -0.455 e. The van der Waals surface area contributed by atoms with Crippen LogP contribution in [0, 0.1) is 11.8 Å². The summed E-state index contributed by atoms with van der Waals surface area (Å²) < 4.78 is 11.1. The minimum atomic E-state index is -0.701. The monoisotopic (exact) mass is 536 g/mol. The van der Waals surface area contributed by atoms with Gasteiger partial charge in [-0.2, -0.15) is 0 Å². The Bertz CT molecular complexity index is 1030. The van der Waals surface area contributed by atoms with Gasteiger partial charge in [-0.25, -0.2) is 0 Å². The van der Waals surface area contributed by atoms with Gasteiger partial charge in [0.2, 0.25) is 11.8 Å². The normalized spacial score (nSPS) is 12.9. The van der Waals surface area contributed by atoms with Crippen LogP contribution >= 0.6 is 0 Å². The molecule has 2 rings (SSSR count). The van der Waals surface area contributed by atoms with Crippen LogP contribution in [0.5, 0.6) is 0 Å². The van der Waals surface area contributed by atoms with Crippen molar-refractivity contribution in [3.63, 3.8) is 0 Å². The van der Waals surface area contributed by atoms with E-state index in [9.17, 15) is 14.4 Å². The Morgan fingerprint density at radius 2 is 1.51 bits per heavy atom. The number of esters is 1. The molecule has 0 spiro atoms. The van der Waals surface area contributed by atoms with E-state index in [1.54, 1.807) is 12.2 Å². The summed E-state index contributed by atoms with van der Waals surface area (Å²) in [6, 6.07) is 19.0. The first-order valence-corrected chi connectivity index (χ1v) is 13.2. The minimum absolute atomic E-state index is 0.0217. The molecule has 0 aliphatic heterocycles. The van der Waals surface area contributed by atoms with E-state index >= 15 is 0 Å². The molecular weight excluding hydrogens is 496 g/mol. The van der Waals surface area contributed by atoms with Gasteiger partial charge in [-0.05, 0) is 30.4 Å². The molecule has 0 radical (unpaired) electrons. The Labute approximate surface area is 231 Å². The molecule has 8 heteroatoms. The zero-order valence-corrected chi connectivity index (χ0v) is 22.4. The van der Waals surface area contributed by atoms with Crippen molar-refractivity contribution in [2.24, 2.45) is 11.8 Å². The van der Waals surface area contributed by atoms with Crippen molar-refractivity contribution in [3.8, 4) is 0 Å². The van der Waals surface area contributed by atoms with Crippen LogP contribution in [-0.2, 0) is 30.3 Å². The van der Waals surface area contributed by atoms with E-state index in [1.807, 2.05) is 60.7 Å². The molecule has 39 heavy (non-hydrogen) atoms. The quantitative estimate of drug-likeness (QED) is 0.144. The highest BCUT2D eigenvalue weighted by Gasteiger charge is 2.26. The van der Waals surface area contributed by atoms with Crippen LogP contribution in [0.1, 0.15) is 36.5 Å². The number of benzene rings is 2. The van der Waals surface area contributed by atoms with E-state index in [4.69, 9.17) is 14.6 Å². The highest BCUT2D eigenvalue weighted by atomic mass is 16.5. The van der Waals surface area contributed by atoms with Crippen molar-refractivity contribution in [2.45, 2.75) is 31.8 Å². The molecule has 2 aromatic rings. The van der Waals surface area contributed by atoms with Crippen molar-refractivity contribution in [3.05, 3.63) is 97.1 Å². The van der Waals surface area contributed by atoms with Gasteiger partial charge < -0.3 is 25.2 Å². The number of carbonyl (C=O) groups is 3. The molecule has 0 saturated heterocycles. The first-order valence-electron chi connectivity index (χ1n) is 13.2. The number of ether oxygens (including phenoxy) is 2. The zero-order chi connectivity index (χ0) is 28.3. The number of hydrogen-bond donors (Lipinski definition) is 3. The lowest BCUT2D eigenvalue weighted by molar-refractivity contribution is -0.154. The second-order valence-electron chi connectivity index (χ2n) is 9.10. The van der Waals surface area contributed by atoms with Gasteiger partial charge in [0, 0.05) is 13.0 Å². The lowest BCUT2D eigenvalue weighted by Crippen LogP contribution is -2.38. The summed E-state index contributed by atoms with van der Waals surface area (Å²) in [5.74, 6) is -2.02. The number of hydrogen-bond acceptors (Lipinski definition) is 6. The molecule has 0 aliphatic rings. The molecular formula is C31H40N2O6.